The van der Waals surface area contributed by atoms with E-state index in [0.29, 0.717) is 17.1 Å². The molecular weight excluding hydrogens is 301 g/mol. The van der Waals surface area contributed by atoms with Gasteiger partial charge in [-0.2, -0.15) is 0 Å². The second kappa shape index (κ2) is 5.91. The average Bonchev–Trinajstić information content (AvgIpc) is 2.41. The summed E-state index contributed by atoms with van der Waals surface area (Å²) >= 11 is 6.04. The molecule has 0 aromatic heterocycles. The Balaban J connectivity index is 2.33. The van der Waals surface area contributed by atoms with Crippen molar-refractivity contribution in [2.45, 2.75) is 17.2 Å². The summed E-state index contributed by atoms with van der Waals surface area (Å²) < 4.78 is 37.5. The quantitative estimate of drug-likeness (QED) is 0.944. The maximum absolute atomic E-state index is 13.1. The first-order chi connectivity index (χ1) is 9.42. The predicted octanol–water partition coefficient (Wildman–Crippen LogP) is 2.91. The molecule has 2 N–H and O–H groups in total. The maximum Gasteiger partial charge on any atom is 0.182 e. The van der Waals surface area contributed by atoms with Gasteiger partial charge < -0.3 is 5.73 Å². The highest BCUT2D eigenvalue weighted by molar-refractivity contribution is 7.90. The first kappa shape index (κ1) is 15.0. The molecule has 0 fully saturated rings. The molecule has 2 aromatic rings. The third-order valence-corrected chi connectivity index (χ3v) is 4.87. The third-order valence-electron chi connectivity index (χ3n) is 2.85. The van der Waals surface area contributed by atoms with Crippen LogP contribution in [0, 0.1) is 5.82 Å². The van der Waals surface area contributed by atoms with Crippen molar-refractivity contribution < 1.29 is 12.8 Å². The Labute approximate surface area is 122 Å². The molecule has 0 heterocycles. The minimum Gasteiger partial charge on any atom is -0.326 e. The number of nitrogens with two attached hydrogens (primary N) is 1. The SMILES string of the molecule is NCc1ccc(CS(=O)(=O)c2cccc(F)c2)c(Cl)c1. The predicted molar refractivity (Wildman–Crippen MR) is 76.6 cm³/mol. The first-order valence-corrected chi connectivity index (χ1v) is 7.91. The normalized spacial score (nSPS) is 11.6. The monoisotopic (exact) mass is 313 g/mol. The Kier molecular flexibility index (Phi) is 4.42. The van der Waals surface area contributed by atoms with Crippen LogP contribution >= 0.6 is 11.6 Å². The van der Waals surface area contributed by atoms with Crippen molar-refractivity contribution in [3.05, 3.63) is 64.4 Å². The lowest BCUT2D eigenvalue weighted by atomic mass is 10.1. The standard InChI is InChI=1S/C14H13ClFNO2S/c15-14-6-10(8-17)4-5-11(14)9-20(18,19)13-3-1-2-12(16)7-13/h1-7H,8-9,17H2. The van der Waals surface area contributed by atoms with E-state index in [0.717, 1.165) is 11.6 Å². The highest BCUT2D eigenvalue weighted by atomic mass is 35.5. The highest BCUT2D eigenvalue weighted by Gasteiger charge is 2.17. The van der Waals surface area contributed by atoms with Gasteiger partial charge in [-0.3, -0.25) is 0 Å². The van der Waals surface area contributed by atoms with Crippen LogP contribution in [0.3, 0.4) is 0 Å². The molecule has 6 heteroatoms. The van der Waals surface area contributed by atoms with E-state index < -0.39 is 15.7 Å². The van der Waals surface area contributed by atoms with Gasteiger partial charge >= 0.3 is 0 Å². The van der Waals surface area contributed by atoms with Gasteiger partial charge in [-0.05, 0) is 35.4 Å². The Morgan fingerprint density at radius 3 is 2.50 bits per heavy atom. The molecular formula is C14H13ClFNO2S. The van der Waals surface area contributed by atoms with E-state index >= 15 is 0 Å². The Morgan fingerprint density at radius 1 is 1.15 bits per heavy atom. The molecule has 0 atom stereocenters. The zero-order chi connectivity index (χ0) is 14.8. The number of sulfone groups is 1. The van der Waals surface area contributed by atoms with Crippen molar-refractivity contribution in [3.63, 3.8) is 0 Å². The third kappa shape index (κ3) is 3.36. The van der Waals surface area contributed by atoms with Gasteiger partial charge in [-0.1, -0.05) is 29.8 Å². The van der Waals surface area contributed by atoms with E-state index in [9.17, 15) is 12.8 Å². The fourth-order valence-corrected chi connectivity index (χ4v) is 3.54. The highest BCUT2D eigenvalue weighted by Crippen LogP contribution is 2.23. The van der Waals surface area contributed by atoms with Crippen molar-refractivity contribution in [2.75, 3.05) is 0 Å². The van der Waals surface area contributed by atoms with Crippen molar-refractivity contribution in [3.8, 4) is 0 Å². The van der Waals surface area contributed by atoms with Gasteiger partial charge in [0.25, 0.3) is 0 Å². The Morgan fingerprint density at radius 2 is 1.90 bits per heavy atom. The topological polar surface area (TPSA) is 60.2 Å². The van der Waals surface area contributed by atoms with Gasteiger partial charge in [0, 0.05) is 11.6 Å². The van der Waals surface area contributed by atoms with Crippen molar-refractivity contribution in [1.82, 2.24) is 0 Å². The molecule has 0 bridgehead atoms. The maximum atomic E-state index is 13.1. The minimum absolute atomic E-state index is 0.0588. The molecule has 0 saturated carbocycles. The van der Waals surface area contributed by atoms with E-state index in [-0.39, 0.29) is 10.6 Å². The second-order valence-electron chi connectivity index (χ2n) is 4.35. The molecule has 3 nitrogen and oxygen atoms in total. The van der Waals surface area contributed by atoms with Gasteiger partial charge in [0.15, 0.2) is 9.84 Å². The summed E-state index contributed by atoms with van der Waals surface area (Å²) in [6, 6.07) is 9.91. The van der Waals surface area contributed by atoms with E-state index in [1.165, 1.54) is 18.2 Å². The van der Waals surface area contributed by atoms with Crippen LogP contribution in [0.5, 0.6) is 0 Å². The fraction of sp³-hybridized carbons (Fsp3) is 0.143. The Bertz CT molecular complexity index is 732. The summed E-state index contributed by atoms with van der Waals surface area (Å²) in [5.74, 6) is -0.865. The number of benzene rings is 2. The fourth-order valence-electron chi connectivity index (χ4n) is 1.78. The van der Waals surface area contributed by atoms with Gasteiger partial charge in [0.05, 0.1) is 10.6 Å². The van der Waals surface area contributed by atoms with E-state index in [4.69, 9.17) is 17.3 Å². The van der Waals surface area contributed by atoms with Crippen LogP contribution < -0.4 is 5.73 Å². The summed E-state index contributed by atoms with van der Waals surface area (Å²) in [5, 5.41) is 0.341. The molecule has 2 rings (SSSR count). The van der Waals surface area contributed by atoms with Crippen LogP contribution in [-0.4, -0.2) is 8.42 Å². The van der Waals surface area contributed by atoms with Crippen LogP contribution in [0.2, 0.25) is 5.02 Å². The lowest BCUT2D eigenvalue weighted by Gasteiger charge is -2.08. The molecule has 106 valence electrons. The van der Waals surface area contributed by atoms with Gasteiger partial charge in [-0.25, -0.2) is 12.8 Å². The van der Waals surface area contributed by atoms with Gasteiger partial charge in [0.1, 0.15) is 5.82 Å². The van der Waals surface area contributed by atoms with E-state index in [1.807, 2.05) is 0 Å². The van der Waals surface area contributed by atoms with Crippen molar-refractivity contribution in [2.24, 2.45) is 5.73 Å². The summed E-state index contributed by atoms with van der Waals surface area (Å²) in [6.07, 6.45) is 0. The second-order valence-corrected chi connectivity index (χ2v) is 6.74. The molecule has 0 unspecified atom stereocenters. The molecule has 20 heavy (non-hydrogen) atoms. The molecule has 0 aliphatic carbocycles. The van der Waals surface area contributed by atoms with Crippen LogP contribution in [-0.2, 0) is 22.1 Å². The van der Waals surface area contributed by atoms with Crippen LogP contribution in [0.15, 0.2) is 47.4 Å². The molecule has 2 aromatic carbocycles. The number of hydrogen-bond donors (Lipinski definition) is 1. The van der Waals surface area contributed by atoms with Gasteiger partial charge in [-0.15, -0.1) is 0 Å². The van der Waals surface area contributed by atoms with E-state index in [1.54, 1.807) is 18.2 Å². The average molecular weight is 314 g/mol. The molecule has 0 aliphatic heterocycles. The van der Waals surface area contributed by atoms with Crippen molar-refractivity contribution in [1.29, 1.82) is 0 Å². The molecule has 0 aliphatic rings. The van der Waals surface area contributed by atoms with Crippen LogP contribution in [0.4, 0.5) is 4.39 Å². The number of hydrogen-bond acceptors (Lipinski definition) is 3. The summed E-state index contributed by atoms with van der Waals surface area (Å²) in [4.78, 5) is -0.0588. The van der Waals surface area contributed by atoms with Gasteiger partial charge in [0.2, 0.25) is 0 Å². The number of rotatable bonds is 4. The zero-order valence-corrected chi connectivity index (χ0v) is 12.1. The lowest BCUT2D eigenvalue weighted by molar-refractivity contribution is 0.590. The lowest BCUT2D eigenvalue weighted by Crippen LogP contribution is -2.06. The largest absolute Gasteiger partial charge is 0.326 e. The molecule has 0 saturated heterocycles. The van der Waals surface area contributed by atoms with E-state index in [2.05, 4.69) is 0 Å². The van der Waals surface area contributed by atoms with Crippen LogP contribution in [0.1, 0.15) is 11.1 Å². The summed E-state index contributed by atoms with van der Waals surface area (Å²) in [7, 11) is -3.63. The minimum atomic E-state index is -3.63. The first-order valence-electron chi connectivity index (χ1n) is 5.88. The zero-order valence-electron chi connectivity index (χ0n) is 10.5. The molecule has 0 spiro atoms. The molecule has 0 radical (unpaired) electrons. The molecule has 0 amide bonds. The van der Waals surface area contributed by atoms with Crippen molar-refractivity contribution >= 4 is 21.4 Å². The summed E-state index contributed by atoms with van der Waals surface area (Å²) in [5.41, 5.74) is 6.77. The Hall–Kier alpha value is -1.43. The summed E-state index contributed by atoms with van der Waals surface area (Å²) in [6.45, 7) is 0.330. The van der Waals surface area contributed by atoms with Crippen LogP contribution in [0.25, 0.3) is 0 Å². The smallest absolute Gasteiger partial charge is 0.182 e. The number of halogens is 2.